The number of likely N-dealkylation sites (tertiary alicyclic amines) is 1. The summed E-state index contributed by atoms with van der Waals surface area (Å²) in [5, 5.41) is 0.857. The summed E-state index contributed by atoms with van der Waals surface area (Å²) in [7, 11) is -1.98. The van der Waals surface area contributed by atoms with Gasteiger partial charge in [0.2, 0.25) is 0 Å². The second kappa shape index (κ2) is 9.60. The molecule has 3 rings (SSSR count). The fourth-order valence-corrected chi connectivity index (χ4v) is 6.88. The van der Waals surface area contributed by atoms with Crippen molar-refractivity contribution in [2.45, 2.75) is 103 Å². The third kappa shape index (κ3) is 5.96. The number of rotatable bonds is 4. The molecule has 0 radical (unpaired) electrons. The number of carbonyl (C=O) groups is 1. The Balaban J connectivity index is 1.92. The van der Waals surface area contributed by atoms with Gasteiger partial charge in [-0.3, -0.25) is 4.90 Å². The second-order valence-corrected chi connectivity index (χ2v) is 18.8. The first kappa shape index (κ1) is 27.8. The molecule has 8 heteroatoms. The van der Waals surface area contributed by atoms with Gasteiger partial charge < -0.3 is 14.1 Å². The van der Waals surface area contributed by atoms with Crippen molar-refractivity contribution in [1.82, 2.24) is 4.90 Å². The normalized spacial score (nSPS) is 23.8. The second-order valence-electron chi connectivity index (χ2n) is 12.7. The lowest BCUT2D eigenvalue weighted by Gasteiger charge is -2.42. The highest BCUT2D eigenvalue weighted by molar-refractivity contribution is 9.10. The Kier molecular flexibility index (Phi) is 7.86. The summed E-state index contributed by atoms with van der Waals surface area (Å²) in [4.78, 5) is 17.8. The molecule has 1 aromatic rings. The molecule has 2 aliphatic heterocycles. The van der Waals surface area contributed by atoms with Crippen LogP contribution < -0.4 is 4.90 Å². The van der Waals surface area contributed by atoms with Gasteiger partial charge in [-0.25, -0.2) is 4.79 Å². The maximum absolute atomic E-state index is 13.4. The first-order valence-electron chi connectivity index (χ1n) is 12.3. The van der Waals surface area contributed by atoms with Crippen molar-refractivity contribution in [2.75, 3.05) is 24.6 Å². The van der Waals surface area contributed by atoms with Gasteiger partial charge in [-0.05, 0) is 98.7 Å². The topological polar surface area (TPSA) is 42.0 Å². The molecular weight excluding hydrogens is 532 g/mol. The molecule has 1 aromatic carbocycles. The van der Waals surface area contributed by atoms with Crippen molar-refractivity contribution in [2.24, 2.45) is 0 Å². The number of nitrogens with zero attached hydrogens (tertiary/aromatic N) is 2. The Morgan fingerprint density at radius 1 is 1.24 bits per heavy atom. The zero-order valence-electron chi connectivity index (χ0n) is 22.3. The van der Waals surface area contributed by atoms with Gasteiger partial charge in [0.15, 0.2) is 8.32 Å². The van der Waals surface area contributed by atoms with Crippen molar-refractivity contribution in [3.05, 3.63) is 27.2 Å². The van der Waals surface area contributed by atoms with E-state index >= 15 is 0 Å². The number of aryl methyl sites for hydroxylation is 1. The first-order valence-corrected chi connectivity index (χ1v) is 16.4. The molecule has 0 saturated carbocycles. The van der Waals surface area contributed by atoms with Gasteiger partial charge >= 0.3 is 6.09 Å². The van der Waals surface area contributed by atoms with Crippen molar-refractivity contribution >= 4 is 47.6 Å². The minimum atomic E-state index is -1.98. The summed E-state index contributed by atoms with van der Waals surface area (Å²) in [5.41, 5.74) is 1.48. The molecule has 1 amide bonds. The molecule has 2 heterocycles. The molecule has 2 aliphatic rings. The maximum atomic E-state index is 13.4. The Morgan fingerprint density at radius 3 is 2.47 bits per heavy atom. The van der Waals surface area contributed by atoms with E-state index in [2.05, 4.69) is 67.7 Å². The number of carbonyl (C=O) groups excluding carboxylic acids is 1. The van der Waals surface area contributed by atoms with Gasteiger partial charge in [0.1, 0.15) is 5.60 Å². The number of hydrogen-bond acceptors (Lipinski definition) is 4. The van der Waals surface area contributed by atoms with Gasteiger partial charge in [-0.15, -0.1) is 0 Å². The van der Waals surface area contributed by atoms with Crippen molar-refractivity contribution in [3.8, 4) is 0 Å². The van der Waals surface area contributed by atoms with E-state index in [-0.39, 0.29) is 17.2 Å². The zero-order chi connectivity index (χ0) is 25.7. The third-order valence-electron chi connectivity index (χ3n) is 7.56. The highest BCUT2D eigenvalue weighted by atomic mass is 79.9. The lowest BCUT2D eigenvalue weighted by molar-refractivity contribution is 0.00116. The molecular formula is C26H42BrClN2O3Si. The standard InChI is InChI=1S/C26H42BrClN2O3Si/c1-24(2,3)33-23(31)30-16-20(15-26(30,7)17-32-34(8,9)25(4,5)6)29-12-10-11-18-13-19(28)14-21(27)22(18)29/h13-14,20H,10-12,15-17H2,1-9H3/t20-,26-/m1/s1. The van der Waals surface area contributed by atoms with Crippen LogP contribution in [0.2, 0.25) is 23.2 Å². The maximum Gasteiger partial charge on any atom is 0.410 e. The Labute approximate surface area is 220 Å². The van der Waals surface area contributed by atoms with Crippen LogP contribution in [-0.4, -0.2) is 56.2 Å². The number of anilines is 1. The van der Waals surface area contributed by atoms with E-state index in [1.54, 1.807) is 0 Å². The van der Waals surface area contributed by atoms with Gasteiger partial charge in [0.05, 0.1) is 17.8 Å². The summed E-state index contributed by atoms with van der Waals surface area (Å²) < 4.78 is 13.6. The summed E-state index contributed by atoms with van der Waals surface area (Å²) in [5.74, 6) is 0. The predicted molar refractivity (Wildman–Crippen MR) is 148 cm³/mol. The van der Waals surface area contributed by atoms with Crippen molar-refractivity contribution in [1.29, 1.82) is 0 Å². The number of halogens is 2. The molecule has 192 valence electrons. The van der Waals surface area contributed by atoms with Crippen LogP contribution in [0, 0.1) is 0 Å². The molecule has 0 bridgehead atoms. The Hall–Kier alpha value is -0.763. The molecule has 1 fully saturated rings. The molecule has 0 aromatic heterocycles. The molecule has 0 N–H and O–H groups in total. The summed E-state index contributed by atoms with van der Waals surface area (Å²) >= 11 is 10.1. The van der Waals surface area contributed by atoms with E-state index in [4.69, 9.17) is 20.8 Å². The van der Waals surface area contributed by atoms with Crippen LogP contribution in [0.25, 0.3) is 0 Å². The third-order valence-corrected chi connectivity index (χ3v) is 12.9. The lowest BCUT2D eigenvalue weighted by Crippen LogP contribution is -2.53. The van der Waals surface area contributed by atoms with Crippen LogP contribution in [-0.2, 0) is 15.6 Å². The van der Waals surface area contributed by atoms with Crippen LogP contribution in [0.5, 0.6) is 0 Å². The van der Waals surface area contributed by atoms with E-state index in [0.29, 0.717) is 13.2 Å². The summed E-state index contributed by atoms with van der Waals surface area (Å²) in [6, 6.07) is 4.23. The quantitative estimate of drug-likeness (QED) is 0.347. The van der Waals surface area contributed by atoms with Crippen LogP contribution in [0.3, 0.4) is 0 Å². The molecule has 2 atom stereocenters. The Morgan fingerprint density at radius 2 is 1.88 bits per heavy atom. The smallest absolute Gasteiger partial charge is 0.410 e. The van der Waals surface area contributed by atoms with Gasteiger partial charge in [0.25, 0.3) is 0 Å². The van der Waals surface area contributed by atoms with Crippen LogP contribution in [0.15, 0.2) is 16.6 Å². The van der Waals surface area contributed by atoms with Gasteiger partial charge in [0, 0.05) is 28.6 Å². The van der Waals surface area contributed by atoms with E-state index in [1.807, 2.05) is 31.7 Å². The number of ether oxygens (including phenoxy) is 1. The molecule has 1 saturated heterocycles. The minimum absolute atomic E-state index is 0.105. The molecule has 5 nitrogen and oxygen atoms in total. The average molecular weight is 574 g/mol. The summed E-state index contributed by atoms with van der Waals surface area (Å²) in [6.07, 6.45) is 2.65. The highest BCUT2D eigenvalue weighted by Crippen LogP contribution is 2.44. The van der Waals surface area contributed by atoms with E-state index in [1.165, 1.54) is 11.3 Å². The summed E-state index contributed by atoms with van der Waals surface area (Å²) in [6.45, 7) is 21.3. The minimum Gasteiger partial charge on any atom is -0.444 e. The molecule has 0 unspecified atom stereocenters. The Bertz CT molecular complexity index is 928. The number of fused-ring (bicyclic) bond motifs is 1. The van der Waals surface area contributed by atoms with Crippen molar-refractivity contribution in [3.63, 3.8) is 0 Å². The number of amides is 1. The first-order chi connectivity index (χ1) is 15.4. The van der Waals surface area contributed by atoms with Crippen LogP contribution >= 0.6 is 27.5 Å². The van der Waals surface area contributed by atoms with E-state index in [9.17, 15) is 4.79 Å². The molecule has 0 spiro atoms. The van der Waals surface area contributed by atoms with E-state index in [0.717, 1.165) is 35.3 Å². The predicted octanol–water partition coefficient (Wildman–Crippen LogP) is 7.65. The molecule has 0 aliphatic carbocycles. The van der Waals surface area contributed by atoms with Gasteiger partial charge in [-0.2, -0.15) is 0 Å². The zero-order valence-corrected chi connectivity index (χ0v) is 25.7. The number of hydrogen-bond donors (Lipinski definition) is 0. The fraction of sp³-hybridized carbons (Fsp3) is 0.731. The van der Waals surface area contributed by atoms with Crippen LogP contribution in [0.1, 0.15) is 66.9 Å². The van der Waals surface area contributed by atoms with Crippen LogP contribution in [0.4, 0.5) is 10.5 Å². The fourth-order valence-electron chi connectivity index (χ4n) is 4.67. The van der Waals surface area contributed by atoms with E-state index < -0.39 is 19.5 Å². The highest BCUT2D eigenvalue weighted by Gasteiger charge is 2.50. The lowest BCUT2D eigenvalue weighted by atomic mass is 9.95. The molecule has 34 heavy (non-hydrogen) atoms. The largest absolute Gasteiger partial charge is 0.444 e. The van der Waals surface area contributed by atoms with Crippen molar-refractivity contribution < 1.29 is 14.0 Å². The van der Waals surface area contributed by atoms with Gasteiger partial charge in [-0.1, -0.05) is 32.4 Å². The monoisotopic (exact) mass is 572 g/mol. The number of benzene rings is 1. The average Bonchev–Trinajstić information content (AvgIpc) is 3.01. The SMILES string of the molecule is CC(C)(C)OC(=O)N1C[C@H](N2CCCc3cc(Cl)cc(Br)c32)C[C@]1(C)CO[Si](C)(C)C(C)(C)C.